The Bertz CT molecular complexity index is 344. The molecule has 0 bridgehead atoms. The maximum absolute atomic E-state index is 11.3. The van der Waals surface area contributed by atoms with Crippen molar-refractivity contribution in [2.45, 2.75) is 0 Å². The fourth-order valence-electron chi connectivity index (χ4n) is 0.954. The summed E-state index contributed by atoms with van der Waals surface area (Å²) in [6.45, 7) is 0. The summed E-state index contributed by atoms with van der Waals surface area (Å²) in [7, 11) is 4.16. The number of nitrogens with zero attached hydrogens (tertiary/aromatic N) is 1. The summed E-state index contributed by atoms with van der Waals surface area (Å²) >= 11 is 1.14. The van der Waals surface area contributed by atoms with Crippen LogP contribution in [0.1, 0.15) is 0 Å². The molecule has 0 amide bonds. The van der Waals surface area contributed by atoms with E-state index in [9.17, 15) is 9.59 Å². The van der Waals surface area contributed by atoms with E-state index in [2.05, 4.69) is 14.3 Å². The highest BCUT2D eigenvalue weighted by Gasteiger charge is 2.29. The molecular weight excluding hydrogens is 220 g/mol. The Morgan fingerprint density at radius 3 is 2.20 bits per heavy atom. The second kappa shape index (κ2) is 4.83. The van der Waals surface area contributed by atoms with Gasteiger partial charge in [0.1, 0.15) is 4.91 Å². The van der Waals surface area contributed by atoms with E-state index in [0.29, 0.717) is 4.91 Å². The van der Waals surface area contributed by atoms with Crippen molar-refractivity contribution in [2.75, 3.05) is 21.3 Å². The van der Waals surface area contributed by atoms with Crippen molar-refractivity contribution in [3.8, 4) is 0 Å². The van der Waals surface area contributed by atoms with Gasteiger partial charge in [-0.05, 0) is 0 Å². The first-order valence-corrected chi connectivity index (χ1v) is 4.83. The van der Waals surface area contributed by atoms with E-state index >= 15 is 0 Å². The van der Waals surface area contributed by atoms with Gasteiger partial charge in [-0.3, -0.25) is 0 Å². The third kappa shape index (κ3) is 2.50. The van der Waals surface area contributed by atoms with Crippen LogP contribution in [0.25, 0.3) is 0 Å². The fourth-order valence-corrected chi connectivity index (χ4v) is 1.73. The molecule has 1 heterocycles. The zero-order valence-electron chi connectivity index (χ0n) is 8.57. The van der Waals surface area contributed by atoms with E-state index in [1.165, 1.54) is 14.2 Å². The largest absolute Gasteiger partial charge is 0.465 e. The van der Waals surface area contributed by atoms with Crippen LogP contribution in [-0.2, 0) is 19.1 Å². The molecule has 0 saturated heterocycles. The molecule has 1 rings (SSSR count). The van der Waals surface area contributed by atoms with E-state index in [4.69, 9.17) is 0 Å². The number of nitrogens with one attached hydrogen (secondary N) is 1. The number of hydrazone groups is 1. The Hall–Kier alpha value is -1.50. The number of hydrogen-bond acceptors (Lipinski definition) is 6. The number of ether oxygens (including phenoxy) is 2. The molecule has 0 atom stereocenters. The predicted octanol–water partition coefficient (Wildman–Crippen LogP) is -0.534. The fraction of sp³-hybridized carbons (Fsp3) is 0.375. The van der Waals surface area contributed by atoms with Crippen LogP contribution in [0, 0.1) is 0 Å². The first-order chi connectivity index (χ1) is 7.10. The first-order valence-electron chi connectivity index (χ1n) is 4.01. The van der Waals surface area contributed by atoms with Crippen LogP contribution in [0.3, 0.4) is 0 Å². The standard InChI is InChI=1S/C8H10N2O4S/c1-10-4-5(15-9-10)6(7(11)13-2)8(12)14-3/h4H,1-3H3/p+1. The minimum absolute atomic E-state index is 0.109. The van der Waals surface area contributed by atoms with Crippen LogP contribution in [-0.4, -0.2) is 44.1 Å². The summed E-state index contributed by atoms with van der Waals surface area (Å²) in [4.78, 5) is 26.0. The highest BCUT2D eigenvalue weighted by molar-refractivity contribution is 8.02. The summed E-state index contributed by atoms with van der Waals surface area (Å²) < 4.78 is 10.6. The van der Waals surface area contributed by atoms with Gasteiger partial charge in [0.25, 0.3) is 0 Å². The number of allylic oxidation sites excluding steroid dienone is 1. The molecule has 7 heteroatoms. The zero-order valence-corrected chi connectivity index (χ0v) is 9.38. The van der Waals surface area contributed by atoms with Crippen LogP contribution in [0.2, 0.25) is 0 Å². The highest BCUT2D eigenvalue weighted by Crippen LogP contribution is 2.20. The maximum Gasteiger partial charge on any atom is 0.346 e. The van der Waals surface area contributed by atoms with Crippen molar-refractivity contribution in [1.82, 2.24) is 4.83 Å². The van der Waals surface area contributed by atoms with Gasteiger partial charge in [-0.15, -0.1) is 9.52 Å². The Balaban J connectivity index is 3.11. The molecule has 0 aliphatic carbocycles. The van der Waals surface area contributed by atoms with Gasteiger partial charge in [-0.1, -0.05) is 0 Å². The number of methoxy groups -OCH3 is 2. The molecule has 0 unspecified atom stereocenters. The lowest BCUT2D eigenvalue weighted by Crippen LogP contribution is -2.17. The Morgan fingerprint density at radius 1 is 1.33 bits per heavy atom. The second-order valence-electron chi connectivity index (χ2n) is 2.66. The molecule has 0 saturated carbocycles. The van der Waals surface area contributed by atoms with Gasteiger partial charge in [0.2, 0.25) is 6.21 Å². The van der Waals surface area contributed by atoms with Gasteiger partial charge in [0.15, 0.2) is 12.6 Å². The topological polar surface area (TPSA) is 67.6 Å². The third-order valence-electron chi connectivity index (χ3n) is 1.64. The van der Waals surface area contributed by atoms with Crippen LogP contribution in [0.15, 0.2) is 10.5 Å². The van der Waals surface area contributed by atoms with E-state index < -0.39 is 11.9 Å². The highest BCUT2D eigenvalue weighted by atomic mass is 32.2. The normalized spacial score (nSPS) is 14.1. The molecule has 1 aliphatic heterocycles. The molecule has 0 aromatic carbocycles. The smallest absolute Gasteiger partial charge is 0.346 e. The Morgan fingerprint density at radius 2 is 1.87 bits per heavy atom. The summed E-state index contributed by atoms with van der Waals surface area (Å²) in [5, 5.41) is 0. The SMILES string of the molecule is COC(=O)C(C(=O)OC)=C1C=[N+](C)NS1. The van der Waals surface area contributed by atoms with Crippen molar-refractivity contribution in [2.24, 2.45) is 0 Å². The number of carbonyl (C=O) groups excluding carboxylic acids is 2. The molecule has 0 aromatic rings. The monoisotopic (exact) mass is 231 g/mol. The van der Waals surface area contributed by atoms with Crippen molar-refractivity contribution in [1.29, 1.82) is 0 Å². The van der Waals surface area contributed by atoms with Crippen molar-refractivity contribution >= 4 is 30.1 Å². The van der Waals surface area contributed by atoms with Gasteiger partial charge in [-0.25, -0.2) is 9.59 Å². The summed E-state index contributed by atoms with van der Waals surface area (Å²) in [6.07, 6.45) is 1.60. The molecule has 1 N–H and O–H groups in total. The van der Waals surface area contributed by atoms with Crippen LogP contribution in [0.4, 0.5) is 0 Å². The predicted molar refractivity (Wildman–Crippen MR) is 54.0 cm³/mol. The average Bonchev–Trinajstić information content (AvgIpc) is 2.64. The molecule has 6 nitrogen and oxygen atoms in total. The maximum atomic E-state index is 11.3. The lowest BCUT2D eigenvalue weighted by atomic mass is 10.2. The van der Waals surface area contributed by atoms with E-state index in [0.717, 1.165) is 11.9 Å². The number of hydrazine groups is 1. The van der Waals surface area contributed by atoms with Gasteiger partial charge in [0.05, 0.1) is 26.2 Å². The molecule has 15 heavy (non-hydrogen) atoms. The van der Waals surface area contributed by atoms with E-state index in [1.54, 1.807) is 17.9 Å². The molecule has 0 fully saturated rings. The van der Waals surface area contributed by atoms with E-state index in [-0.39, 0.29) is 5.57 Å². The Kier molecular flexibility index (Phi) is 3.73. The molecular formula is C8H11N2O4S+. The number of esters is 2. The van der Waals surface area contributed by atoms with Gasteiger partial charge >= 0.3 is 11.9 Å². The second-order valence-corrected chi connectivity index (χ2v) is 3.48. The summed E-state index contributed by atoms with van der Waals surface area (Å²) in [5.41, 5.74) is -0.109. The van der Waals surface area contributed by atoms with Crippen LogP contribution in [0.5, 0.6) is 0 Å². The summed E-state index contributed by atoms with van der Waals surface area (Å²) in [5.74, 6) is -1.42. The number of hydrogen-bond donors (Lipinski definition) is 1. The summed E-state index contributed by atoms with van der Waals surface area (Å²) in [6, 6.07) is 0. The van der Waals surface area contributed by atoms with Crippen LogP contribution >= 0.6 is 11.9 Å². The number of rotatable bonds is 2. The zero-order chi connectivity index (χ0) is 11.4. The van der Waals surface area contributed by atoms with Crippen LogP contribution < -0.4 is 4.83 Å². The third-order valence-corrected chi connectivity index (χ3v) is 2.54. The Labute approximate surface area is 91.0 Å². The average molecular weight is 231 g/mol. The molecule has 0 radical (unpaired) electrons. The quantitative estimate of drug-likeness (QED) is 0.172. The molecule has 0 spiro atoms. The molecule has 0 aromatic heterocycles. The van der Waals surface area contributed by atoms with Crippen molar-refractivity contribution in [3.05, 3.63) is 10.5 Å². The minimum Gasteiger partial charge on any atom is -0.465 e. The minimum atomic E-state index is -0.710. The van der Waals surface area contributed by atoms with E-state index in [1.807, 2.05) is 0 Å². The van der Waals surface area contributed by atoms with Crippen molar-refractivity contribution in [3.63, 3.8) is 0 Å². The van der Waals surface area contributed by atoms with Gasteiger partial charge < -0.3 is 9.47 Å². The lowest BCUT2D eigenvalue weighted by Gasteiger charge is -2.02. The number of carbonyl (C=O) groups is 2. The molecule has 1 aliphatic rings. The lowest BCUT2D eigenvalue weighted by molar-refractivity contribution is -0.525. The van der Waals surface area contributed by atoms with Crippen molar-refractivity contribution < 1.29 is 23.7 Å². The first kappa shape index (κ1) is 11.6. The van der Waals surface area contributed by atoms with Gasteiger partial charge in [-0.2, -0.15) is 0 Å². The van der Waals surface area contributed by atoms with Gasteiger partial charge in [0, 0.05) is 0 Å². The molecule has 82 valence electrons.